The van der Waals surface area contributed by atoms with Crippen molar-refractivity contribution >= 4 is 5.78 Å². The smallest absolute Gasteiger partial charge is 0.156 e. The summed E-state index contributed by atoms with van der Waals surface area (Å²) in [5.74, 6) is 0.214. The van der Waals surface area contributed by atoms with Crippen LogP contribution in [0, 0.1) is 0 Å². The molecule has 0 N–H and O–H groups in total. The predicted octanol–water partition coefficient (Wildman–Crippen LogP) is 0.837. The number of ketones is 1. The van der Waals surface area contributed by atoms with Gasteiger partial charge in [0.2, 0.25) is 0 Å². The average Bonchev–Trinajstić information content (AvgIpc) is 1.88. The highest BCUT2D eigenvalue weighted by Gasteiger charge is 2.10. The van der Waals surface area contributed by atoms with Gasteiger partial charge in [0, 0.05) is 18.7 Å². The van der Waals surface area contributed by atoms with Gasteiger partial charge >= 0.3 is 0 Å². The van der Waals surface area contributed by atoms with Crippen LogP contribution in [0.25, 0.3) is 0 Å². The fourth-order valence-corrected chi connectivity index (χ4v) is 1.15. The standard InChI is InChI=1S/C8H13NO/c1-7(10)8-4-3-5-9(2)6-8/h4H,3,5-6H2,1-2H3. The van der Waals surface area contributed by atoms with Gasteiger partial charge in [-0.25, -0.2) is 0 Å². The van der Waals surface area contributed by atoms with Gasteiger partial charge in [-0.05, 0) is 20.4 Å². The van der Waals surface area contributed by atoms with Gasteiger partial charge in [-0.15, -0.1) is 0 Å². The van der Waals surface area contributed by atoms with Crippen molar-refractivity contribution in [2.24, 2.45) is 0 Å². The van der Waals surface area contributed by atoms with Gasteiger partial charge in [0.05, 0.1) is 0 Å². The first-order valence-corrected chi connectivity index (χ1v) is 3.58. The minimum absolute atomic E-state index is 0.214. The van der Waals surface area contributed by atoms with Crippen molar-refractivity contribution in [3.8, 4) is 0 Å². The summed E-state index contributed by atoms with van der Waals surface area (Å²) in [7, 11) is 2.04. The second-order valence-electron chi connectivity index (χ2n) is 2.81. The van der Waals surface area contributed by atoms with Crippen molar-refractivity contribution in [3.05, 3.63) is 11.6 Å². The van der Waals surface area contributed by atoms with Crippen LogP contribution in [0.3, 0.4) is 0 Å². The third kappa shape index (κ3) is 1.67. The van der Waals surface area contributed by atoms with Crippen molar-refractivity contribution in [1.82, 2.24) is 4.90 Å². The van der Waals surface area contributed by atoms with E-state index in [1.807, 2.05) is 13.1 Å². The van der Waals surface area contributed by atoms with Gasteiger partial charge in [-0.3, -0.25) is 4.79 Å². The van der Waals surface area contributed by atoms with Crippen molar-refractivity contribution in [1.29, 1.82) is 0 Å². The third-order valence-corrected chi connectivity index (χ3v) is 1.79. The molecule has 2 nitrogen and oxygen atoms in total. The lowest BCUT2D eigenvalue weighted by Gasteiger charge is -2.21. The van der Waals surface area contributed by atoms with Crippen LogP contribution in [-0.4, -0.2) is 30.8 Å². The van der Waals surface area contributed by atoms with E-state index in [0.29, 0.717) is 0 Å². The van der Waals surface area contributed by atoms with Gasteiger partial charge in [0.25, 0.3) is 0 Å². The molecule has 0 fully saturated rings. The fourth-order valence-electron chi connectivity index (χ4n) is 1.15. The van der Waals surface area contributed by atoms with Crippen molar-refractivity contribution in [2.45, 2.75) is 13.3 Å². The molecule has 10 heavy (non-hydrogen) atoms. The molecule has 0 saturated carbocycles. The Bertz CT molecular complexity index is 172. The molecular weight excluding hydrogens is 126 g/mol. The molecule has 1 rings (SSSR count). The number of likely N-dealkylation sites (N-methyl/N-ethyl adjacent to an activating group) is 1. The van der Waals surface area contributed by atoms with Crippen molar-refractivity contribution in [2.75, 3.05) is 20.1 Å². The molecule has 0 bridgehead atoms. The number of rotatable bonds is 1. The van der Waals surface area contributed by atoms with Crippen LogP contribution < -0.4 is 0 Å². The molecule has 2 heteroatoms. The van der Waals surface area contributed by atoms with Gasteiger partial charge in [-0.2, -0.15) is 0 Å². The van der Waals surface area contributed by atoms with Crippen LogP contribution in [0.4, 0.5) is 0 Å². The van der Waals surface area contributed by atoms with Crippen molar-refractivity contribution in [3.63, 3.8) is 0 Å². The van der Waals surface area contributed by atoms with Gasteiger partial charge in [-0.1, -0.05) is 6.08 Å². The molecule has 0 aromatic rings. The maximum Gasteiger partial charge on any atom is 0.156 e. The van der Waals surface area contributed by atoms with Gasteiger partial charge in [0.1, 0.15) is 0 Å². The summed E-state index contributed by atoms with van der Waals surface area (Å²) in [6.45, 7) is 3.54. The van der Waals surface area contributed by atoms with Crippen LogP contribution in [0.1, 0.15) is 13.3 Å². The summed E-state index contributed by atoms with van der Waals surface area (Å²) < 4.78 is 0. The zero-order chi connectivity index (χ0) is 7.56. The van der Waals surface area contributed by atoms with E-state index < -0.39 is 0 Å². The Morgan fingerprint density at radius 3 is 2.80 bits per heavy atom. The number of nitrogens with zero attached hydrogens (tertiary/aromatic N) is 1. The normalized spacial score (nSPS) is 20.4. The van der Waals surface area contributed by atoms with E-state index in [1.54, 1.807) is 6.92 Å². The lowest BCUT2D eigenvalue weighted by Crippen LogP contribution is -2.27. The summed E-state index contributed by atoms with van der Waals surface area (Å²) in [5, 5.41) is 0. The zero-order valence-corrected chi connectivity index (χ0v) is 6.55. The fraction of sp³-hybridized carbons (Fsp3) is 0.625. The molecule has 0 saturated heterocycles. The summed E-state index contributed by atoms with van der Waals surface area (Å²) >= 11 is 0. The number of hydrogen-bond acceptors (Lipinski definition) is 2. The highest BCUT2D eigenvalue weighted by Crippen LogP contribution is 2.07. The Morgan fingerprint density at radius 1 is 1.70 bits per heavy atom. The highest BCUT2D eigenvalue weighted by atomic mass is 16.1. The summed E-state index contributed by atoms with van der Waals surface area (Å²) in [4.78, 5) is 13.0. The minimum Gasteiger partial charge on any atom is -0.302 e. The maximum atomic E-state index is 10.8. The molecule has 0 aromatic heterocycles. The van der Waals surface area contributed by atoms with Gasteiger partial charge < -0.3 is 4.90 Å². The second kappa shape index (κ2) is 2.97. The van der Waals surface area contributed by atoms with E-state index in [0.717, 1.165) is 25.1 Å². The molecule has 0 atom stereocenters. The van der Waals surface area contributed by atoms with Crippen LogP contribution in [-0.2, 0) is 4.79 Å². The molecule has 1 aliphatic heterocycles. The highest BCUT2D eigenvalue weighted by molar-refractivity contribution is 5.93. The molecule has 0 spiro atoms. The van der Waals surface area contributed by atoms with Crippen LogP contribution in [0.5, 0.6) is 0 Å². The average molecular weight is 139 g/mol. The van der Waals surface area contributed by atoms with Crippen molar-refractivity contribution < 1.29 is 4.79 Å². The molecule has 0 aromatic carbocycles. The van der Waals surface area contributed by atoms with Crippen LogP contribution in [0.2, 0.25) is 0 Å². The first kappa shape index (κ1) is 7.48. The van der Waals surface area contributed by atoms with E-state index in [9.17, 15) is 4.79 Å². The zero-order valence-electron chi connectivity index (χ0n) is 6.55. The summed E-state index contributed by atoms with van der Waals surface area (Å²) in [6.07, 6.45) is 3.06. The Morgan fingerprint density at radius 2 is 2.40 bits per heavy atom. The number of Topliss-reactive ketones (excluding diaryl/α,β-unsaturated/α-hetero) is 1. The Labute approximate surface area is 61.5 Å². The molecule has 1 heterocycles. The number of carbonyl (C=O) groups is 1. The maximum absolute atomic E-state index is 10.8. The largest absolute Gasteiger partial charge is 0.302 e. The summed E-state index contributed by atoms with van der Waals surface area (Å²) in [5.41, 5.74) is 0.966. The molecule has 0 amide bonds. The van der Waals surface area contributed by atoms with E-state index >= 15 is 0 Å². The second-order valence-corrected chi connectivity index (χ2v) is 2.81. The lowest BCUT2D eigenvalue weighted by molar-refractivity contribution is -0.113. The number of carbonyl (C=O) groups excluding carboxylic acids is 1. The van der Waals surface area contributed by atoms with E-state index in [-0.39, 0.29) is 5.78 Å². The Hall–Kier alpha value is -0.630. The first-order chi connectivity index (χ1) is 4.70. The SMILES string of the molecule is CC(=O)C1=CCCN(C)C1. The van der Waals surface area contributed by atoms with E-state index in [1.165, 1.54) is 0 Å². The predicted molar refractivity (Wildman–Crippen MR) is 40.9 cm³/mol. The molecule has 0 aliphatic carbocycles. The molecule has 0 unspecified atom stereocenters. The Kier molecular flexibility index (Phi) is 2.22. The van der Waals surface area contributed by atoms with Crippen LogP contribution >= 0.6 is 0 Å². The molecule has 0 radical (unpaired) electrons. The van der Waals surface area contributed by atoms with E-state index in [4.69, 9.17) is 0 Å². The quantitative estimate of drug-likeness (QED) is 0.536. The van der Waals surface area contributed by atoms with Gasteiger partial charge in [0.15, 0.2) is 5.78 Å². The minimum atomic E-state index is 0.214. The monoisotopic (exact) mass is 139 g/mol. The topological polar surface area (TPSA) is 20.3 Å². The molecule has 1 aliphatic rings. The van der Waals surface area contributed by atoms with Crippen LogP contribution in [0.15, 0.2) is 11.6 Å². The lowest BCUT2D eigenvalue weighted by atomic mass is 10.1. The molecular formula is C8H13NO. The van der Waals surface area contributed by atoms with E-state index in [2.05, 4.69) is 4.90 Å². The third-order valence-electron chi connectivity index (χ3n) is 1.79. The first-order valence-electron chi connectivity index (χ1n) is 3.58. The number of hydrogen-bond donors (Lipinski definition) is 0. The molecule has 56 valence electrons. The summed E-state index contributed by atoms with van der Waals surface area (Å²) in [6, 6.07) is 0. The Balaban J connectivity index is 2.60.